The molecule has 2 rings (SSSR count). The summed E-state index contributed by atoms with van der Waals surface area (Å²) in [5.41, 5.74) is 6.67. The van der Waals surface area contributed by atoms with E-state index in [1.807, 2.05) is 23.6 Å². The molecule has 4 heteroatoms. The molecule has 0 amide bonds. The summed E-state index contributed by atoms with van der Waals surface area (Å²) in [5, 5.41) is 1.98. The Hall–Kier alpha value is -0.710. The van der Waals surface area contributed by atoms with Gasteiger partial charge in [-0.15, -0.1) is 11.3 Å². The molecule has 2 N–H and O–H groups in total. The molecular weight excluding hydrogens is 289 g/mol. The van der Waals surface area contributed by atoms with E-state index in [9.17, 15) is 4.39 Å². The minimum atomic E-state index is -0.207. The average molecular weight is 300 g/mol. The summed E-state index contributed by atoms with van der Waals surface area (Å²) in [7, 11) is 0. The fourth-order valence-electron chi connectivity index (χ4n) is 1.53. The summed E-state index contributed by atoms with van der Waals surface area (Å²) in [5.74, 6) is -0.207. The van der Waals surface area contributed by atoms with Crippen LogP contribution < -0.4 is 5.73 Å². The topological polar surface area (TPSA) is 26.0 Å². The number of hydrogen-bond donors (Lipinski definition) is 1. The normalized spacial score (nSPS) is 12.7. The second kappa shape index (κ2) is 5.08. The summed E-state index contributed by atoms with van der Waals surface area (Å²) in [4.78, 5) is 1.09. The zero-order valence-corrected chi connectivity index (χ0v) is 10.9. The SMILES string of the molecule is NC(Cc1ccc(Br)cc1F)c1cccs1. The predicted octanol–water partition coefficient (Wildman–Crippen LogP) is 3.89. The minimum Gasteiger partial charge on any atom is -0.323 e. The Morgan fingerprint density at radius 1 is 1.38 bits per heavy atom. The molecule has 84 valence electrons. The maximum absolute atomic E-state index is 13.6. The molecule has 0 spiro atoms. The van der Waals surface area contributed by atoms with Crippen molar-refractivity contribution in [2.75, 3.05) is 0 Å². The van der Waals surface area contributed by atoms with Crippen molar-refractivity contribution in [3.8, 4) is 0 Å². The number of thiophene rings is 1. The van der Waals surface area contributed by atoms with Crippen molar-refractivity contribution in [1.82, 2.24) is 0 Å². The van der Waals surface area contributed by atoms with Gasteiger partial charge in [0.2, 0.25) is 0 Å². The molecule has 1 heterocycles. The molecule has 2 aromatic rings. The highest BCUT2D eigenvalue weighted by atomic mass is 79.9. The Bertz CT molecular complexity index is 470. The monoisotopic (exact) mass is 299 g/mol. The largest absolute Gasteiger partial charge is 0.323 e. The number of hydrogen-bond acceptors (Lipinski definition) is 2. The van der Waals surface area contributed by atoms with Gasteiger partial charge in [-0.3, -0.25) is 0 Å². The maximum atomic E-state index is 13.6. The Kier molecular flexibility index (Phi) is 3.74. The van der Waals surface area contributed by atoms with Gasteiger partial charge in [0.1, 0.15) is 5.82 Å². The third kappa shape index (κ3) is 2.70. The van der Waals surface area contributed by atoms with Crippen LogP contribution in [0.2, 0.25) is 0 Å². The number of benzene rings is 1. The molecule has 0 fully saturated rings. The van der Waals surface area contributed by atoms with Crippen molar-refractivity contribution in [3.63, 3.8) is 0 Å². The van der Waals surface area contributed by atoms with Crippen LogP contribution >= 0.6 is 27.3 Å². The van der Waals surface area contributed by atoms with E-state index in [0.29, 0.717) is 12.0 Å². The molecule has 0 aliphatic heterocycles. The van der Waals surface area contributed by atoms with E-state index in [0.717, 1.165) is 9.35 Å². The van der Waals surface area contributed by atoms with Crippen LogP contribution in [-0.2, 0) is 6.42 Å². The molecule has 0 saturated carbocycles. The van der Waals surface area contributed by atoms with E-state index in [-0.39, 0.29) is 11.9 Å². The molecule has 1 unspecified atom stereocenters. The van der Waals surface area contributed by atoms with Crippen LogP contribution in [0.15, 0.2) is 40.2 Å². The van der Waals surface area contributed by atoms with E-state index in [4.69, 9.17) is 5.73 Å². The molecule has 0 radical (unpaired) electrons. The van der Waals surface area contributed by atoms with E-state index in [1.165, 1.54) is 6.07 Å². The van der Waals surface area contributed by atoms with Gasteiger partial charge in [0.05, 0.1) is 0 Å². The molecule has 1 aromatic heterocycles. The summed E-state index contributed by atoms with van der Waals surface area (Å²) in [6.45, 7) is 0. The van der Waals surface area contributed by atoms with Gasteiger partial charge in [0, 0.05) is 15.4 Å². The highest BCUT2D eigenvalue weighted by molar-refractivity contribution is 9.10. The molecule has 1 atom stereocenters. The smallest absolute Gasteiger partial charge is 0.127 e. The van der Waals surface area contributed by atoms with Crippen LogP contribution in [0.1, 0.15) is 16.5 Å². The summed E-state index contributed by atoms with van der Waals surface area (Å²) in [6, 6.07) is 8.88. The number of halogens is 2. The van der Waals surface area contributed by atoms with Crippen LogP contribution in [-0.4, -0.2) is 0 Å². The standard InChI is InChI=1S/C12H11BrFNS/c13-9-4-3-8(10(14)7-9)6-11(15)12-2-1-5-16-12/h1-5,7,11H,6,15H2. The van der Waals surface area contributed by atoms with Gasteiger partial charge in [-0.25, -0.2) is 4.39 Å². The third-order valence-corrected chi connectivity index (χ3v) is 3.86. The fraction of sp³-hybridized carbons (Fsp3) is 0.167. The van der Waals surface area contributed by atoms with Crippen LogP contribution in [0.4, 0.5) is 4.39 Å². The van der Waals surface area contributed by atoms with Gasteiger partial charge in [-0.05, 0) is 35.6 Å². The van der Waals surface area contributed by atoms with Crippen molar-refractivity contribution in [2.45, 2.75) is 12.5 Å². The first kappa shape index (κ1) is 11.8. The highest BCUT2D eigenvalue weighted by Crippen LogP contribution is 2.23. The lowest BCUT2D eigenvalue weighted by Crippen LogP contribution is -2.12. The first-order valence-electron chi connectivity index (χ1n) is 4.89. The molecule has 0 bridgehead atoms. The second-order valence-electron chi connectivity index (χ2n) is 3.56. The maximum Gasteiger partial charge on any atom is 0.127 e. The highest BCUT2D eigenvalue weighted by Gasteiger charge is 2.11. The van der Waals surface area contributed by atoms with E-state index >= 15 is 0 Å². The fourth-order valence-corrected chi connectivity index (χ4v) is 2.59. The van der Waals surface area contributed by atoms with E-state index in [2.05, 4.69) is 15.9 Å². The lowest BCUT2D eigenvalue weighted by Gasteiger charge is -2.10. The van der Waals surface area contributed by atoms with Gasteiger partial charge in [0.25, 0.3) is 0 Å². The van der Waals surface area contributed by atoms with Gasteiger partial charge in [-0.2, -0.15) is 0 Å². The molecule has 1 nitrogen and oxygen atoms in total. The Labute approximate surface area is 106 Å². The first-order chi connectivity index (χ1) is 7.66. The van der Waals surface area contributed by atoms with Gasteiger partial charge in [0.15, 0.2) is 0 Å². The summed E-state index contributed by atoms with van der Waals surface area (Å²) < 4.78 is 14.3. The van der Waals surface area contributed by atoms with Crippen LogP contribution in [0.5, 0.6) is 0 Å². The lowest BCUT2D eigenvalue weighted by molar-refractivity contribution is 0.594. The van der Waals surface area contributed by atoms with Gasteiger partial charge in [-0.1, -0.05) is 28.1 Å². The second-order valence-corrected chi connectivity index (χ2v) is 5.46. The summed E-state index contributed by atoms with van der Waals surface area (Å²) in [6.07, 6.45) is 0.527. The number of nitrogens with two attached hydrogens (primary N) is 1. The minimum absolute atomic E-state index is 0.129. The van der Waals surface area contributed by atoms with E-state index < -0.39 is 0 Å². The zero-order valence-electron chi connectivity index (χ0n) is 8.49. The van der Waals surface area contributed by atoms with Gasteiger partial charge < -0.3 is 5.73 Å². The first-order valence-corrected chi connectivity index (χ1v) is 6.57. The van der Waals surface area contributed by atoms with Crippen LogP contribution in [0.3, 0.4) is 0 Å². The summed E-state index contributed by atoms with van der Waals surface area (Å²) >= 11 is 4.83. The molecule has 1 aromatic carbocycles. The quantitative estimate of drug-likeness (QED) is 0.914. The van der Waals surface area contributed by atoms with Crippen LogP contribution in [0, 0.1) is 5.82 Å². The van der Waals surface area contributed by atoms with Crippen molar-refractivity contribution in [1.29, 1.82) is 0 Å². The van der Waals surface area contributed by atoms with E-state index in [1.54, 1.807) is 17.4 Å². The molecule has 16 heavy (non-hydrogen) atoms. The number of rotatable bonds is 3. The molecular formula is C12H11BrFNS. The Morgan fingerprint density at radius 2 is 2.19 bits per heavy atom. The Morgan fingerprint density at radius 3 is 2.81 bits per heavy atom. The third-order valence-electron chi connectivity index (χ3n) is 2.36. The van der Waals surface area contributed by atoms with Crippen molar-refractivity contribution < 1.29 is 4.39 Å². The average Bonchev–Trinajstić information content (AvgIpc) is 2.75. The van der Waals surface area contributed by atoms with Crippen molar-refractivity contribution >= 4 is 27.3 Å². The lowest BCUT2D eigenvalue weighted by atomic mass is 10.1. The molecule has 0 saturated heterocycles. The van der Waals surface area contributed by atoms with Gasteiger partial charge >= 0.3 is 0 Å². The molecule has 0 aliphatic carbocycles. The van der Waals surface area contributed by atoms with Crippen molar-refractivity contribution in [3.05, 3.63) is 56.4 Å². The predicted molar refractivity (Wildman–Crippen MR) is 69.1 cm³/mol. The van der Waals surface area contributed by atoms with Crippen LogP contribution in [0.25, 0.3) is 0 Å². The zero-order chi connectivity index (χ0) is 11.5. The van der Waals surface area contributed by atoms with Crippen molar-refractivity contribution in [2.24, 2.45) is 5.73 Å². The molecule has 0 aliphatic rings. The Balaban J connectivity index is 2.15.